The molecular formula is C22H24O9. The summed E-state index contributed by atoms with van der Waals surface area (Å²) in [5.74, 6) is 3.55. The van der Waals surface area contributed by atoms with Crippen LogP contribution in [0.3, 0.4) is 0 Å². The first kappa shape index (κ1) is 20.0. The summed E-state index contributed by atoms with van der Waals surface area (Å²) in [6.07, 6.45) is -1.07. The summed E-state index contributed by atoms with van der Waals surface area (Å²) >= 11 is 0. The predicted octanol–water partition coefficient (Wildman–Crippen LogP) is 2.43. The number of rotatable bonds is 7. The number of fused-ring (bicyclic) bond motifs is 2. The quantitative estimate of drug-likeness (QED) is 0.708. The molecule has 3 aliphatic rings. The predicted molar refractivity (Wildman–Crippen MR) is 106 cm³/mol. The molecule has 0 radical (unpaired) electrons. The minimum Gasteiger partial charge on any atom is -0.496 e. The summed E-state index contributed by atoms with van der Waals surface area (Å²) in [5, 5.41) is 10.5. The largest absolute Gasteiger partial charge is 0.496 e. The Bertz CT molecular complexity index is 960. The summed E-state index contributed by atoms with van der Waals surface area (Å²) in [5.41, 5.74) is 1.62. The van der Waals surface area contributed by atoms with Gasteiger partial charge in [-0.3, -0.25) is 0 Å². The second-order valence-corrected chi connectivity index (χ2v) is 7.47. The first-order valence-electron chi connectivity index (χ1n) is 9.99. The van der Waals surface area contributed by atoms with Crippen molar-refractivity contribution in [2.24, 2.45) is 5.92 Å². The fourth-order valence-corrected chi connectivity index (χ4v) is 4.08. The van der Waals surface area contributed by atoms with Crippen LogP contribution >= 0.6 is 0 Å². The fourth-order valence-electron chi connectivity index (χ4n) is 4.08. The molecule has 3 atom stereocenters. The lowest BCUT2D eigenvalue weighted by Gasteiger charge is -2.23. The monoisotopic (exact) mass is 432 g/mol. The molecule has 0 saturated carbocycles. The molecule has 3 aliphatic heterocycles. The first-order chi connectivity index (χ1) is 15.2. The van der Waals surface area contributed by atoms with Gasteiger partial charge in [-0.15, -0.1) is 0 Å². The van der Waals surface area contributed by atoms with Crippen molar-refractivity contribution in [1.29, 1.82) is 0 Å². The lowest BCUT2D eigenvalue weighted by atomic mass is 9.93. The van der Waals surface area contributed by atoms with Crippen LogP contribution in [0.5, 0.6) is 34.5 Å². The Morgan fingerprint density at radius 1 is 0.871 bits per heavy atom. The molecule has 0 aliphatic carbocycles. The van der Waals surface area contributed by atoms with Crippen molar-refractivity contribution in [3.05, 3.63) is 35.4 Å². The summed E-state index contributed by atoms with van der Waals surface area (Å²) in [7, 11) is 3.18. The van der Waals surface area contributed by atoms with E-state index in [4.69, 9.17) is 37.9 Å². The van der Waals surface area contributed by atoms with Crippen molar-refractivity contribution in [2.45, 2.75) is 18.8 Å². The van der Waals surface area contributed by atoms with E-state index < -0.39 is 12.2 Å². The number of benzene rings is 2. The highest BCUT2D eigenvalue weighted by atomic mass is 16.7. The average molecular weight is 432 g/mol. The van der Waals surface area contributed by atoms with Crippen molar-refractivity contribution >= 4 is 0 Å². The Hall–Kier alpha value is -2.88. The van der Waals surface area contributed by atoms with Crippen molar-refractivity contribution in [3.63, 3.8) is 0 Å². The van der Waals surface area contributed by atoms with Gasteiger partial charge < -0.3 is 43.0 Å². The van der Waals surface area contributed by atoms with Gasteiger partial charge in [0.15, 0.2) is 23.0 Å². The average Bonchev–Trinajstić information content (AvgIpc) is 3.51. The van der Waals surface area contributed by atoms with Gasteiger partial charge in [0.25, 0.3) is 0 Å². The van der Waals surface area contributed by atoms with Crippen molar-refractivity contribution in [1.82, 2.24) is 0 Å². The molecule has 0 amide bonds. The van der Waals surface area contributed by atoms with Crippen LogP contribution in [-0.4, -0.2) is 52.2 Å². The second-order valence-electron chi connectivity index (χ2n) is 7.47. The van der Waals surface area contributed by atoms with Crippen LogP contribution in [0.2, 0.25) is 0 Å². The van der Waals surface area contributed by atoms with E-state index in [1.54, 1.807) is 26.4 Å². The number of ether oxygens (including phenoxy) is 8. The molecule has 31 heavy (non-hydrogen) atoms. The number of hydrogen-bond donors (Lipinski definition) is 1. The standard InChI is InChI=1S/C22H24O9/c1-24-16-5-20-18(28-10-30-20)3-12(16)7-26-8-14-15(23)9-27-22(14)13-4-19-21(31-11-29-19)6-17(13)25-2/h3-6,14-15,22-23H,7-11H2,1-2H3/t14-,15-,22+/m0/s1. The molecule has 2 aromatic carbocycles. The number of hydrogen-bond acceptors (Lipinski definition) is 9. The van der Waals surface area contributed by atoms with E-state index in [1.807, 2.05) is 12.1 Å². The fraction of sp³-hybridized carbons (Fsp3) is 0.455. The molecule has 1 N–H and O–H groups in total. The van der Waals surface area contributed by atoms with Gasteiger partial charge in [-0.2, -0.15) is 0 Å². The SMILES string of the molecule is COc1cc2c(cc1COC[C@@H]1[C@@H](c3cc4c(cc3OC)OCO4)OC[C@@H]1O)OCO2. The van der Waals surface area contributed by atoms with Gasteiger partial charge in [-0.05, 0) is 12.1 Å². The summed E-state index contributed by atoms with van der Waals surface area (Å²) < 4.78 is 44.6. The lowest BCUT2D eigenvalue weighted by molar-refractivity contribution is 0.0214. The second kappa shape index (κ2) is 8.33. The molecule has 9 heteroatoms. The molecule has 2 aromatic rings. The topological polar surface area (TPSA) is 94.1 Å². The number of aliphatic hydroxyl groups is 1. The zero-order valence-corrected chi connectivity index (χ0v) is 17.3. The van der Waals surface area contributed by atoms with E-state index in [0.717, 1.165) is 11.1 Å². The smallest absolute Gasteiger partial charge is 0.231 e. The molecule has 1 fully saturated rings. The minimum atomic E-state index is -0.668. The van der Waals surface area contributed by atoms with Gasteiger partial charge in [0.1, 0.15) is 11.5 Å². The minimum absolute atomic E-state index is 0.167. The molecule has 166 valence electrons. The Morgan fingerprint density at radius 3 is 2.16 bits per heavy atom. The van der Waals surface area contributed by atoms with Crippen molar-refractivity contribution in [3.8, 4) is 34.5 Å². The van der Waals surface area contributed by atoms with Crippen LogP contribution in [0.4, 0.5) is 0 Å². The van der Waals surface area contributed by atoms with Gasteiger partial charge in [0.2, 0.25) is 13.6 Å². The van der Waals surface area contributed by atoms with E-state index >= 15 is 0 Å². The Morgan fingerprint density at radius 2 is 1.48 bits per heavy atom. The third-order valence-corrected chi connectivity index (χ3v) is 5.70. The van der Waals surface area contributed by atoms with Crippen LogP contribution in [0, 0.1) is 5.92 Å². The molecule has 0 unspecified atom stereocenters. The van der Waals surface area contributed by atoms with Gasteiger partial charge in [-0.25, -0.2) is 0 Å². The van der Waals surface area contributed by atoms with Crippen LogP contribution in [0.1, 0.15) is 17.2 Å². The van der Waals surface area contributed by atoms with Gasteiger partial charge in [-0.1, -0.05) is 0 Å². The van der Waals surface area contributed by atoms with Crippen molar-refractivity contribution < 1.29 is 43.0 Å². The Balaban J connectivity index is 1.31. The van der Waals surface area contributed by atoms with E-state index in [9.17, 15) is 5.11 Å². The highest BCUT2D eigenvalue weighted by Crippen LogP contribution is 2.46. The van der Waals surface area contributed by atoms with Gasteiger partial charge in [0, 0.05) is 29.2 Å². The highest BCUT2D eigenvalue weighted by molar-refractivity contribution is 5.53. The van der Waals surface area contributed by atoms with E-state index in [-0.39, 0.29) is 39.3 Å². The summed E-state index contributed by atoms with van der Waals surface area (Å²) in [6, 6.07) is 7.26. The number of methoxy groups -OCH3 is 2. The highest BCUT2D eigenvalue weighted by Gasteiger charge is 2.39. The van der Waals surface area contributed by atoms with Crippen LogP contribution in [0.25, 0.3) is 0 Å². The van der Waals surface area contributed by atoms with E-state index in [1.165, 1.54) is 0 Å². The molecule has 0 spiro atoms. The molecule has 5 rings (SSSR count). The molecule has 0 bridgehead atoms. The molecule has 1 saturated heterocycles. The van der Waals surface area contributed by atoms with Crippen molar-refractivity contribution in [2.75, 3.05) is 41.0 Å². The third kappa shape index (κ3) is 3.69. The molecule has 9 nitrogen and oxygen atoms in total. The molecular weight excluding hydrogens is 408 g/mol. The lowest BCUT2D eigenvalue weighted by Crippen LogP contribution is -2.25. The normalized spacial score (nSPS) is 23.3. The number of aliphatic hydroxyl groups excluding tert-OH is 1. The van der Waals surface area contributed by atoms with E-state index in [0.29, 0.717) is 34.5 Å². The van der Waals surface area contributed by atoms with Gasteiger partial charge in [0.05, 0.1) is 46.2 Å². The van der Waals surface area contributed by atoms with Crippen LogP contribution in [0.15, 0.2) is 24.3 Å². The summed E-state index contributed by atoms with van der Waals surface area (Å²) in [4.78, 5) is 0. The summed E-state index contributed by atoms with van der Waals surface area (Å²) in [6.45, 7) is 1.13. The van der Waals surface area contributed by atoms with Crippen LogP contribution < -0.4 is 28.4 Å². The molecule has 3 heterocycles. The maximum atomic E-state index is 10.5. The zero-order valence-electron chi connectivity index (χ0n) is 17.3. The van der Waals surface area contributed by atoms with E-state index in [2.05, 4.69) is 0 Å². The molecule has 0 aromatic heterocycles. The third-order valence-electron chi connectivity index (χ3n) is 5.70. The van der Waals surface area contributed by atoms with Crippen LogP contribution in [-0.2, 0) is 16.1 Å². The maximum absolute atomic E-state index is 10.5. The Labute approximate surface area is 179 Å². The van der Waals surface area contributed by atoms with Gasteiger partial charge >= 0.3 is 0 Å². The maximum Gasteiger partial charge on any atom is 0.231 e. The zero-order chi connectivity index (χ0) is 21.4. The Kier molecular flexibility index (Phi) is 5.39. The first-order valence-corrected chi connectivity index (χ1v) is 9.99.